The van der Waals surface area contributed by atoms with E-state index < -0.39 is 6.08 Å². The largest absolute Gasteiger partial charge is 0.493 e. The number of hydrogen-bond acceptors (Lipinski definition) is 6. The Morgan fingerprint density at radius 3 is 2.93 bits per heavy atom. The van der Waals surface area contributed by atoms with Crippen molar-refractivity contribution in [3.63, 3.8) is 0 Å². The Balaban J connectivity index is 1.69. The normalized spacial score (nSPS) is 13.3. The lowest BCUT2D eigenvalue weighted by Crippen LogP contribution is -2.24. The van der Waals surface area contributed by atoms with E-state index in [0.717, 1.165) is 41.1 Å². The van der Waals surface area contributed by atoms with Crippen molar-refractivity contribution in [1.29, 1.82) is 0 Å². The average Bonchev–Trinajstić information content (AvgIpc) is 3.23. The van der Waals surface area contributed by atoms with Gasteiger partial charge in [0.25, 0.3) is 0 Å². The summed E-state index contributed by atoms with van der Waals surface area (Å²) in [6.07, 6.45) is 1.57. The third-order valence-electron chi connectivity index (χ3n) is 4.99. The van der Waals surface area contributed by atoms with E-state index >= 15 is 0 Å². The molecule has 3 heterocycles. The molecule has 1 aliphatic rings. The van der Waals surface area contributed by atoms with Crippen LogP contribution in [0.15, 0.2) is 12.1 Å². The molecule has 0 aliphatic carbocycles. The molecule has 0 unspecified atom stereocenters. The number of benzene rings is 1. The minimum absolute atomic E-state index is 0.0739. The van der Waals surface area contributed by atoms with Crippen molar-refractivity contribution in [1.82, 2.24) is 24.8 Å². The molecule has 0 saturated heterocycles. The van der Waals surface area contributed by atoms with E-state index in [-0.39, 0.29) is 5.82 Å². The fraction of sp³-hybridized carbons (Fsp3) is 0.450. The molecule has 1 aromatic carbocycles. The molecule has 0 amide bonds. The van der Waals surface area contributed by atoms with E-state index in [1.807, 2.05) is 4.57 Å². The summed E-state index contributed by atoms with van der Waals surface area (Å²) in [5, 5.41) is 3.40. The van der Waals surface area contributed by atoms with Gasteiger partial charge in [0.05, 0.1) is 6.61 Å². The summed E-state index contributed by atoms with van der Waals surface area (Å²) >= 11 is 2.32. The molecule has 0 spiro atoms. The van der Waals surface area contributed by atoms with Gasteiger partial charge in [-0.2, -0.15) is 14.4 Å². The molecular formula is C20H24FIN6O. The Morgan fingerprint density at radius 2 is 2.14 bits per heavy atom. The van der Waals surface area contributed by atoms with Crippen LogP contribution in [0.1, 0.15) is 37.2 Å². The van der Waals surface area contributed by atoms with Crippen molar-refractivity contribution in [2.75, 3.05) is 18.9 Å². The van der Waals surface area contributed by atoms with Crippen molar-refractivity contribution in [2.45, 2.75) is 45.7 Å². The number of nitrogen functional groups attached to an aromatic ring is 1. The number of fused-ring (bicyclic) bond motifs is 2. The zero-order valence-corrected chi connectivity index (χ0v) is 18.7. The van der Waals surface area contributed by atoms with Gasteiger partial charge < -0.3 is 20.4 Å². The number of anilines is 1. The highest BCUT2D eigenvalue weighted by molar-refractivity contribution is 14.1. The Morgan fingerprint density at radius 1 is 1.31 bits per heavy atom. The predicted octanol–water partition coefficient (Wildman–Crippen LogP) is 3.07. The second kappa shape index (κ2) is 8.39. The van der Waals surface area contributed by atoms with Crippen molar-refractivity contribution in [3.05, 3.63) is 38.7 Å². The number of nitrogens with zero attached hydrogens (tertiary/aromatic N) is 4. The monoisotopic (exact) mass is 510 g/mol. The summed E-state index contributed by atoms with van der Waals surface area (Å²) in [7, 11) is 0. The van der Waals surface area contributed by atoms with Gasteiger partial charge in [0.2, 0.25) is 0 Å². The lowest BCUT2D eigenvalue weighted by molar-refractivity contribution is 0.356. The summed E-state index contributed by atoms with van der Waals surface area (Å²) in [6, 6.07) is 4.68. The highest BCUT2D eigenvalue weighted by Crippen LogP contribution is 2.31. The van der Waals surface area contributed by atoms with Crippen LogP contribution >= 0.6 is 22.6 Å². The number of halogens is 2. The summed E-state index contributed by atoms with van der Waals surface area (Å²) in [4.78, 5) is 12.3. The maximum Gasteiger partial charge on any atom is 0.312 e. The summed E-state index contributed by atoms with van der Waals surface area (Å²) in [5.41, 5.74) is 9.23. The molecule has 0 atom stereocenters. The number of nitrogens with two attached hydrogens (primary N) is 1. The highest BCUT2D eigenvalue weighted by Gasteiger charge is 2.20. The molecule has 1 aliphatic heterocycles. The molecule has 3 N–H and O–H groups in total. The summed E-state index contributed by atoms with van der Waals surface area (Å²) < 4.78 is 22.6. The topological polar surface area (TPSA) is 90.9 Å². The summed E-state index contributed by atoms with van der Waals surface area (Å²) in [6.45, 7) is 6.48. The van der Waals surface area contributed by atoms with Gasteiger partial charge in [-0.05, 0) is 52.7 Å². The van der Waals surface area contributed by atoms with Crippen LogP contribution in [0.4, 0.5) is 10.2 Å². The molecule has 0 radical (unpaired) electrons. The van der Waals surface area contributed by atoms with Gasteiger partial charge in [0.15, 0.2) is 17.0 Å². The van der Waals surface area contributed by atoms with E-state index in [1.165, 1.54) is 11.1 Å². The van der Waals surface area contributed by atoms with Crippen molar-refractivity contribution in [2.24, 2.45) is 0 Å². The van der Waals surface area contributed by atoms with Gasteiger partial charge in [-0.1, -0.05) is 19.9 Å². The van der Waals surface area contributed by atoms with Crippen LogP contribution in [0, 0.1) is 9.65 Å². The lowest BCUT2D eigenvalue weighted by Gasteiger charge is -2.12. The average molecular weight is 510 g/mol. The van der Waals surface area contributed by atoms with Gasteiger partial charge in [0.1, 0.15) is 11.6 Å². The molecule has 3 aromatic rings. The zero-order valence-electron chi connectivity index (χ0n) is 16.5. The molecule has 4 rings (SSSR count). The van der Waals surface area contributed by atoms with E-state index in [9.17, 15) is 4.39 Å². The second-order valence-corrected chi connectivity index (χ2v) is 8.68. The number of imidazole rings is 1. The molecule has 9 heteroatoms. The van der Waals surface area contributed by atoms with Crippen LogP contribution in [0.25, 0.3) is 11.2 Å². The molecule has 0 bridgehead atoms. The lowest BCUT2D eigenvalue weighted by atomic mass is 10.1. The first-order valence-electron chi connectivity index (χ1n) is 9.78. The van der Waals surface area contributed by atoms with Gasteiger partial charge in [-0.3, -0.25) is 0 Å². The molecule has 2 aromatic heterocycles. The van der Waals surface area contributed by atoms with E-state index in [1.54, 1.807) is 0 Å². The minimum atomic E-state index is -0.827. The SMILES string of the molecule is CC(C)NCCCn1c(Cc2cc3c(cc2I)OCC3)nc2c(N)nc(F)nc21. The van der Waals surface area contributed by atoms with Crippen LogP contribution in [0.2, 0.25) is 0 Å². The Bertz CT molecular complexity index is 1050. The minimum Gasteiger partial charge on any atom is -0.493 e. The molecule has 7 nitrogen and oxygen atoms in total. The number of hydrogen-bond donors (Lipinski definition) is 2. The molecule has 0 saturated carbocycles. The van der Waals surface area contributed by atoms with Crippen molar-refractivity contribution < 1.29 is 9.13 Å². The quantitative estimate of drug-likeness (QED) is 0.289. The molecule has 29 heavy (non-hydrogen) atoms. The fourth-order valence-corrected chi connectivity index (χ4v) is 4.22. The van der Waals surface area contributed by atoms with E-state index in [2.05, 4.69) is 68.8 Å². The predicted molar refractivity (Wildman–Crippen MR) is 119 cm³/mol. The highest BCUT2D eigenvalue weighted by atomic mass is 127. The first kappa shape index (κ1) is 20.3. The van der Waals surface area contributed by atoms with Crippen LogP contribution < -0.4 is 15.8 Å². The van der Waals surface area contributed by atoms with Crippen molar-refractivity contribution >= 4 is 39.6 Å². The van der Waals surface area contributed by atoms with E-state index in [4.69, 9.17) is 10.5 Å². The smallest absolute Gasteiger partial charge is 0.312 e. The van der Waals surface area contributed by atoms with Crippen LogP contribution in [-0.4, -0.2) is 38.7 Å². The maximum absolute atomic E-state index is 13.9. The Hall–Kier alpha value is -2.01. The third-order valence-corrected chi connectivity index (χ3v) is 6.00. The van der Waals surface area contributed by atoms with Gasteiger partial charge in [0, 0.05) is 29.0 Å². The molecule has 0 fully saturated rings. The van der Waals surface area contributed by atoms with Gasteiger partial charge >= 0.3 is 6.08 Å². The Kier molecular flexibility index (Phi) is 5.86. The molecular weight excluding hydrogens is 486 g/mol. The molecule has 154 valence electrons. The van der Waals surface area contributed by atoms with Gasteiger partial charge in [-0.25, -0.2) is 4.98 Å². The fourth-order valence-electron chi connectivity index (χ4n) is 3.59. The first-order chi connectivity index (χ1) is 13.9. The number of ether oxygens (including phenoxy) is 1. The summed E-state index contributed by atoms with van der Waals surface area (Å²) in [5.74, 6) is 1.85. The van der Waals surface area contributed by atoms with Gasteiger partial charge in [-0.15, -0.1) is 0 Å². The second-order valence-electron chi connectivity index (χ2n) is 7.52. The zero-order chi connectivity index (χ0) is 20.5. The van der Waals surface area contributed by atoms with Crippen LogP contribution in [0.3, 0.4) is 0 Å². The maximum atomic E-state index is 13.9. The van der Waals surface area contributed by atoms with Crippen LogP contribution in [-0.2, 0) is 19.4 Å². The number of rotatable bonds is 7. The standard InChI is InChI=1S/C20H24FIN6O/c1-11(2)24-5-3-6-28-16(25-17-18(23)26-20(21)27-19(17)28)9-13-8-12-4-7-29-15(12)10-14(13)22/h8,10-11,24H,3-7,9H2,1-2H3,(H2,23,26,27). The van der Waals surface area contributed by atoms with E-state index in [0.29, 0.717) is 30.2 Å². The third kappa shape index (κ3) is 4.30. The van der Waals surface area contributed by atoms with Crippen LogP contribution in [0.5, 0.6) is 5.75 Å². The first-order valence-corrected chi connectivity index (χ1v) is 10.9. The number of nitrogens with one attached hydrogen (secondary N) is 1. The number of aromatic nitrogens is 4. The number of aryl methyl sites for hydroxylation is 1. The van der Waals surface area contributed by atoms with Crippen molar-refractivity contribution in [3.8, 4) is 5.75 Å². The Labute approximate surface area is 182 Å².